The molecule has 3 rings (SSSR count). The SMILES string of the molecule is O=C(O)c1c(O)c(N=Nc2ccccn2)cc2ccccc12. The number of aromatic hydroxyl groups is 1. The number of aromatic carboxylic acids is 1. The molecule has 0 bridgehead atoms. The highest BCUT2D eigenvalue weighted by Gasteiger charge is 2.18. The Kier molecular flexibility index (Phi) is 3.49. The van der Waals surface area contributed by atoms with Crippen LogP contribution in [0.3, 0.4) is 0 Å². The third kappa shape index (κ3) is 2.49. The number of benzene rings is 2. The second-order valence-corrected chi connectivity index (χ2v) is 4.53. The zero-order valence-electron chi connectivity index (χ0n) is 11.3. The lowest BCUT2D eigenvalue weighted by Gasteiger charge is -2.07. The molecule has 0 atom stereocenters. The van der Waals surface area contributed by atoms with Gasteiger partial charge in [0.05, 0.1) is 0 Å². The molecule has 2 aromatic carbocycles. The maximum atomic E-state index is 11.4. The fourth-order valence-electron chi connectivity index (χ4n) is 2.13. The molecule has 0 unspecified atom stereocenters. The van der Waals surface area contributed by atoms with Crippen LogP contribution in [-0.4, -0.2) is 21.2 Å². The van der Waals surface area contributed by atoms with Gasteiger partial charge in [0, 0.05) is 11.6 Å². The number of aromatic nitrogens is 1. The molecular weight excluding hydrogens is 282 g/mol. The highest BCUT2D eigenvalue weighted by Crippen LogP contribution is 2.37. The van der Waals surface area contributed by atoms with E-state index in [2.05, 4.69) is 15.2 Å². The number of carboxylic acids is 1. The first-order valence-electron chi connectivity index (χ1n) is 6.47. The number of nitrogens with zero attached hydrogens (tertiary/aromatic N) is 3. The van der Waals surface area contributed by atoms with E-state index in [1.54, 1.807) is 54.7 Å². The second-order valence-electron chi connectivity index (χ2n) is 4.53. The van der Waals surface area contributed by atoms with E-state index in [1.165, 1.54) is 0 Å². The molecule has 0 aliphatic heterocycles. The average Bonchev–Trinajstić information content (AvgIpc) is 2.53. The molecule has 1 aromatic heterocycles. The van der Waals surface area contributed by atoms with Crippen LogP contribution in [0.1, 0.15) is 10.4 Å². The van der Waals surface area contributed by atoms with Crippen molar-refractivity contribution in [1.29, 1.82) is 0 Å². The van der Waals surface area contributed by atoms with Crippen molar-refractivity contribution < 1.29 is 15.0 Å². The van der Waals surface area contributed by atoms with Gasteiger partial charge in [-0.3, -0.25) is 0 Å². The molecule has 2 N–H and O–H groups in total. The molecular formula is C16H11N3O3. The number of carboxylic acid groups (broad SMARTS) is 1. The standard InChI is InChI=1S/C16H11N3O3/c20-15-12(18-19-13-7-3-4-8-17-13)9-10-5-1-2-6-11(10)14(15)16(21)22/h1-9,20H,(H,21,22). The van der Waals surface area contributed by atoms with E-state index in [9.17, 15) is 15.0 Å². The van der Waals surface area contributed by atoms with Gasteiger partial charge in [0.1, 0.15) is 11.3 Å². The van der Waals surface area contributed by atoms with Crippen LogP contribution in [0.5, 0.6) is 5.75 Å². The van der Waals surface area contributed by atoms with Gasteiger partial charge in [0.15, 0.2) is 11.6 Å². The Balaban J connectivity index is 2.16. The monoisotopic (exact) mass is 293 g/mol. The molecule has 0 aliphatic rings. The average molecular weight is 293 g/mol. The normalized spacial score (nSPS) is 11.1. The maximum Gasteiger partial charge on any atom is 0.340 e. The number of phenols is 1. The van der Waals surface area contributed by atoms with Crippen molar-refractivity contribution in [3.8, 4) is 5.75 Å². The lowest BCUT2D eigenvalue weighted by atomic mass is 10.0. The third-order valence-electron chi connectivity index (χ3n) is 3.13. The summed E-state index contributed by atoms with van der Waals surface area (Å²) in [6.07, 6.45) is 1.57. The smallest absolute Gasteiger partial charge is 0.340 e. The van der Waals surface area contributed by atoms with E-state index < -0.39 is 11.7 Å². The number of rotatable bonds is 3. The zero-order chi connectivity index (χ0) is 15.5. The van der Waals surface area contributed by atoms with E-state index >= 15 is 0 Å². The minimum Gasteiger partial charge on any atom is -0.505 e. The summed E-state index contributed by atoms with van der Waals surface area (Å²) in [4.78, 5) is 15.4. The van der Waals surface area contributed by atoms with Crippen LogP contribution < -0.4 is 0 Å². The molecule has 0 amide bonds. The van der Waals surface area contributed by atoms with E-state index in [4.69, 9.17) is 0 Å². The minimum absolute atomic E-state index is 0.0850. The first-order chi connectivity index (χ1) is 10.7. The van der Waals surface area contributed by atoms with Gasteiger partial charge in [-0.1, -0.05) is 30.3 Å². The summed E-state index contributed by atoms with van der Waals surface area (Å²) < 4.78 is 0. The number of carbonyl (C=O) groups is 1. The predicted octanol–water partition coefficient (Wildman–Crippen LogP) is 4.05. The van der Waals surface area contributed by atoms with Gasteiger partial charge in [-0.15, -0.1) is 10.2 Å². The fourth-order valence-corrected chi connectivity index (χ4v) is 2.13. The van der Waals surface area contributed by atoms with Gasteiger partial charge in [-0.2, -0.15) is 0 Å². The number of hydrogen-bond donors (Lipinski definition) is 2. The summed E-state index contributed by atoms with van der Waals surface area (Å²) in [6, 6.07) is 13.6. The summed E-state index contributed by atoms with van der Waals surface area (Å²) in [5.74, 6) is -1.26. The van der Waals surface area contributed by atoms with Gasteiger partial charge >= 0.3 is 5.97 Å². The van der Waals surface area contributed by atoms with Gasteiger partial charge < -0.3 is 10.2 Å². The van der Waals surface area contributed by atoms with Crippen LogP contribution in [0.15, 0.2) is 65.0 Å². The summed E-state index contributed by atoms with van der Waals surface area (Å²) in [6.45, 7) is 0. The molecule has 22 heavy (non-hydrogen) atoms. The number of azo groups is 1. The molecule has 3 aromatic rings. The zero-order valence-corrected chi connectivity index (χ0v) is 11.3. The van der Waals surface area contributed by atoms with Crippen molar-refractivity contribution in [2.45, 2.75) is 0 Å². The largest absolute Gasteiger partial charge is 0.505 e. The fraction of sp³-hybridized carbons (Fsp3) is 0. The summed E-state index contributed by atoms with van der Waals surface area (Å²) in [7, 11) is 0. The van der Waals surface area contributed by atoms with Crippen molar-refractivity contribution in [2.75, 3.05) is 0 Å². The van der Waals surface area contributed by atoms with Crippen LogP contribution in [0.4, 0.5) is 11.5 Å². The first kappa shape index (κ1) is 13.7. The van der Waals surface area contributed by atoms with E-state index in [0.29, 0.717) is 16.6 Å². The molecule has 0 aliphatic carbocycles. The second kappa shape index (κ2) is 5.61. The summed E-state index contributed by atoms with van der Waals surface area (Å²) in [5, 5.41) is 28.4. The highest BCUT2D eigenvalue weighted by molar-refractivity contribution is 6.08. The topological polar surface area (TPSA) is 95.1 Å². The Morgan fingerprint density at radius 3 is 2.55 bits per heavy atom. The van der Waals surface area contributed by atoms with Crippen LogP contribution in [0, 0.1) is 0 Å². The van der Waals surface area contributed by atoms with Crippen molar-refractivity contribution in [1.82, 2.24) is 4.98 Å². The van der Waals surface area contributed by atoms with E-state index in [1.807, 2.05) is 0 Å². The Hall–Kier alpha value is -3.28. The number of fused-ring (bicyclic) bond motifs is 1. The first-order valence-corrected chi connectivity index (χ1v) is 6.47. The maximum absolute atomic E-state index is 11.4. The molecule has 0 spiro atoms. The molecule has 1 heterocycles. The number of hydrogen-bond acceptors (Lipinski definition) is 5. The van der Waals surface area contributed by atoms with Crippen molar-refractivity contribution in [3.05, 3.63) is 60.3 Å². The van der Waals surface area contributed by atoms with Crippen molar-refractivity contribution in [2.24, 2.45) is 10.2 Å². The molecule has 0 fully saturated rings. The summed E-state index contributed by atoms with van der Waals surface area (Å²) in [5.41, 5.74) is -0.102. The highest BCUT2D eigenvalue weighted by atomic mass is 16.4. The molecule has 0 saturated heterocycles. The Labute approximate surface area is 125 Å². The molecule has 0 radical (unpaired) electrons. The Bertz CT molecular complexity index is 876. The molecule has 6 heteroatoms. The van der Waals surface area contributed by atoms with Gasteiger partial charge in [-0.05, 0) is 23.6 Å². The van der Waals surface area contributed by atoms with Gasteiger partial charge in [-0.25, -0.2) is 9.78 Å². The van der Waals surface area contributed by atoms with Crippen LogP contribution in [-0.2, 0) is 0 Å². The Morgan fingerprint density at radius 2 is 1.82 bits per heavy atom. The van der Waals surface area contributed by atoms with Crippen LogP contribution in [0.25, 0.3) is 10.8 Å². The molecule has 6 nitrogen and oxygen atoms in total. The predicted molar refractivity (Wildman–Crippen MR) is 81.0 cm³/mol. The number of pyridine rings is 1. The van der Waals surface area contributed by atoms with E-state index in [-0.39, 0.29) is 11.3 Å². The Morgan fingerprint density at radius 1 is 1.05 bits per heavy atom. The summed E-state index contributed by atoms with van der Waals surface area (Å²) >= 11 is 0. The van der Waals surface area contributed by atoms with Crippen LogP contribution in [0.2, 0.25) is 0 Å². The van der Waals surface area contributed by atoms with Gasteiger partial charge in [0.2, 0.25) is 0 Å². The van der Waals surface area contributed by atoms with Crippen molar-refractivity contribution >= 4 is 28.2 Å². The van der Waals surface area contributed by atoms with Crippen molar-refractivity contribution in [3.63, 3.8) is 0 Å². The third-order valence-corrected chi connectivity index (χ3v) is 3.13. The minimum atomic E-state index is -1.22. The van der Waals surface area contributed by atoms with E-state index in [0.717, 1.165) is 0 Å². The lowest BCUT2D eigenvalue weighted by Crippen LogP contribution is -1.98. The quantitative estimate of drug-likeness (QED) is 0.712. The lowest BCUT2D eigenvalue weighted by molar-refractivity contribution is 0.0696. The molecule has 108 valence electrons. The van der Waals surface area contributed by atoms with Gasteiger partial charge in [0.25, 0.3) is 0 Å². The van der Waals surface area contributed by atoms with Crippen LogP contribution >= 0.6 is 0 Å². The molecule has 0 saturated carbocycles.